The third-order valence-electron chi connectivity index (χ3n) is 1.27. The SMILES string of the molecule is O=C(SCCl)c1ccc(Cl)cc1. The molecule has 4 heteroatoms. The van der Waals surface area contributed by atoms with Crippen molar-refractivity contribution in [1.82, 2.24) is 0 Å². The fourth-order valence-corrected chi connectivity index (χ4v) is 1.54. The Balaban J connectivity index is 2.75. The molecule has 0 aliphatic heterocycles. The highest BCUT2D eigenvalue weighted by molar-refractivity contribution is 8.15. The van der Waals surface area contributed by atoms with Gasteiger partial charge in [-0.15, -0.1) is 11.6 Å². The third kappa shape index (κ3) is 2.70. The van der Waals surface area contributed by atoms with E-state index in [-0.39, 0.29) is 10.3 Å². The van der Waals surface area contributed by atoms with Crippen LogP contribution in [0.3, 0.4) is 0 Å². The van der Waals surface area contributed by atoms with Gasteiger partial charge in [-0.3, -0.25) is 4.79 Å². The van der Waals surface area contributed by atoms with Crippen molar-refractivity contribution in [3.63, 3.8) is 0 Å². The summed E-state index contributed by atoms with van der Waals surface area (Å²) < 4.78 is 0. The predicted octanol–water partition coefficient (Wildman–Crippen LogP) is 3.41. The first-order valence-corrected chi connectivity index (χ1v) is 5.12. The molecule has 0 heterocycles. The maximum Gasteiger partial charge on any atom is 0.220 e. The summed E-state index contributed by atoms with van der Waals surface area (Å²) in [6.45, 7) is 0. The van der Waals surface area contributed by atoms with Gasteiger partial charge in [-0.1, -0.05) is 23.4 Å². The van der Waals surface area contributed by atoms with E-state index < -0.39 is 0 Å². The van der Waals surface area contributed by atoms with E-state index in [4.69, 9.17) is 23.2 Å². The van der Waals surface area contributed by atoms with Crippen LogP contribution in [0.15, 0.2) is 24.3 Å². The molecule has 0 saturated heterocycles. The van der Waals surface area contributed by atoms with Gasteiger partial charge in [0.25, 0.3) is 0 Å². The minimum atomic E-state index is -0.0262. The minimum absolute atomic E-state index is 0.0262. The molecule has 0 aliphatic carbocycles. The Morgan fingerprint density at radius 2 is 1.92 bits per heavy atom. The summed E-state index contributed by atoms with van der Waals surface area (Å²) in [5.41, 5.74) is 0.630. The third-order valence-corrected chi connectivity index (χ3v) is 2.45. The summed E-state index contributed by atoms with van der Waals surface area (Å²) in [6.07, 6.45) is 0. The van der Waals surface area contributed by atoms with Gasteiger partial charge in [-0.25, -0.2) is 0 Å². The highest BCUT2D eigenvalue weighted by atomic mass is 35.5. The largest absolute Gasteiger partial charge is 0.282 e. The lowest BCUT2D eigenvalue weighted by Crippen LogP contribution is -1.91. The smallest absolute Gasteiger partial charge is 0.220 e. The molecule has 0 N–H and O–H groups in total. The van der Waals surface area contributed by atoms with Gasteiger partial charge in [0.1, 0.15) is 0 Å². The van der Waals surface area contributed by atoms with Crippen LogP contribution in [0.5, 0.6) is 0 Å². The van der Waals surface area contributed by atoms with Gasteiger partial charge in [-0.2, -0.15) is 0 Å². The maximum atomic E-state index is 11.2. The second kappa shape index (κ2) is 4.75. The lowest BCUT2D eigenvalue weighted by molar-refractivity contribution is 0.108. The Morgan fingerprint density at radius 3 is 2.42 bits per heavy atom. The van der Waals surface area contributed by atoms with Gasteiger partial charge in [0.05, 0.1) is 5.21 Å². The Bertz CT molecular complexity index is 271. The van der Waals surface area contributed by atoms with E-state index in [1.807, 2.05) is 0 Å². The molecular weight excluding hydrogens is 215 g/mol. The Hall–Kier alpha value is -0.180. The van der Waals surface area contributed by atoms with Crippen LogP contribution < -0.4 is 0 Å². The van der Waals surface area contributed by atoms with Gasteiger partial charge in [0, 0.05) is 10.6 Å². The molecule has 0 aromatic heterocycles. The number of alkyl halides is 1. The van der Waals surface area contributed by atoms with Gasteiger partial charge in [-0.05, 0) is 24.3 Å². The Morgan fingerprint density at radius 1 is 1.33 bits per heavy atom. The number of carbonyl (C=O) groups is 1. The fraction of sp³-hybridized carbons (Fsp3) is 0.125. The first-order chi connectivity index (χ1) is 5.74. The monoisotopic (exact) mass is 220 g/mol. The van der Waals surface area contributed by atoms with Crippen molar-refractivity contribution in [2.45, 2.75) is 0 Å². The van der Waals surface area contributed by atoms with E-state index in [9.17, 15) is 4.79 Å². The molecule has 0 unspecified atom stereocenters. The number of carbonyl (C=O) groups excluding carboxylic acids is 1. The summed E-state index contributed by atoms with van der Waals surface area (Å²) >= 11 is 12.1. The van der Waals surface area contributed by atoms with Crippen LogP contribution >= 0.6 is 35.0 Å². The van der Waals surface area contributed by atoms with Crippen LogP contribution in [0.1, 0.15) is 10.4 Å². The van der Waals surface area contributed by atoms with Gasteiger partial charge >= 0.3 is 0 Å². The van der Waals surface area contributed by atoms with E-state index >= 15 is 0 Å². The van der Waals surface area contributed by atoms with Crippen molar-refractivity contribution in [3.8, 4) is 0 Å². The second-order valence-electron chi connectivity index (χ2n) is 2.05. The van der Waals surface area contributed by atoms with Crippen LogP contribution in [0.4, 0.5) is 0 Å². The number of thioether (sulfide) groups is 1. The minimum Gasteiger partial charge on any atom is -0.282 e. The van der Waals surface area contributed by atoms with Crippen molar-refractivity contribution < 1.29 is 4.79 Å². The van der Waals surface area contributed by atoms with Crippen LogP contribution in [0, 0.1) is 0 Å². The van der Waals surface area contributed by atoms with E-state index in [1.165, 1.54) is 0 Å². The molecule has 0 atom stereocenters. The zero-order chi connectivity index (χ0) is 8.97. The molecule has 64 valence electrons. The number of hydrogen-bond donors (Lipinski definition) is 0. The summed E-state index contributed by atoms with van der Waals surface area (Å²) in [6, 6.07) is 6.74. The first-order valence-electron chi connectivity index (χ1n) is 3.22. The van der Waals surface area contributed by atoms with Crippen LogP contribution in [0.25, 0.3) is 0 Å². The quantitative estimate of drug-likeness (QED) is 0.712. The second-order valence-corrected chi connectivity index (χ2v) is 4.02. The average molecular weight is 221 g/mol. The normalized spacial score (nSPS) is 9.83. The molecule has 0 aliphatic rings. The standard InChI is InChI=1S/C8H6Cl2OS/c9-5-12-8(11)6-1-3-7(10)4-2-6/h1-4H,5H2. The zero-order valence-corrected chi connectivity index (χ0v) is 8.42. The molecule has 0 fully saturated rings. The lowest BCUT2D eigenvalue weighted by atomic mass is 10.2. The number of hydrogen-bond acceptors (Lipinski definition) is 2. The van der Waals surface area contributed by atoms with Crippen molar-refractivity contribution in [2.24, 2.45) is 0 Å². The van der Waals surface area contributed by atoms with Crippen LogP contribution in [0.2, 0.25) is 5.02 Å². The topological polar surface area (TPSA) is 17.1 Å². The zero-order valence-electron chi connectivity index (χ0n) is 6.09. The van der Waals surface area contributed by atoms with Gasteiger partial charge < -0.3 is 0 Å². The van der Waals surface area contributed by atoms with Crippen molar-refractivity contribution in [2.75, 3.05) is 5.21 Å². The molecule has 1 nitrogen and oxygen atoms in total. The highest BCUT2D eigenvalue weighted by Crippen LogP contribution is 2.15. The van der Waals surface area contributed by atoms with Crippen molar-refractivity contribution in [1.29, 1.82) is 0 Å². The summed E-state index contributed by atoms with van der Waals surface area (Å²) in [4.78, 5) is 11.2. The molecule has 0 spiro atoms. The Kier molecular flexibility index (Phi) is 3.92. The molecule has 1 rings (SSSR count). The average Bonchev–Trinajstić information content (AvgIpc) is 2.06. The Labute approximate surface area is 85.1 Å². The summed E-state index contributed by atoms with van der Waals surface area (Å²) in [7, 11) is 0. The molecule has 0 bridgehead atoms. The van der Waals surface area contributed by atoms with Gasteiger partial charge in [0.15, 0.2) is 0 Å². The van der Waals surface area contributed by atoms with E-state index in [1.54, 1.807) is 24.3 Å². The summed E-state index contributed by atoms with van der Waals surface area (Å²) in [5, 5.41) is 0.880. The summed E-state index contributed by atoms with van der Waals surface area (Å²) in [5.74, 6) is 0. The molecule has 0 radical (unpaired) electrons. The van der Waals surface area contributed by atoms with Crippen LogP contribution in [-0.2, 0) is 0 Å². The molecular formula is C8H6Cl2OS. The first kappa shape index (κ1) is 9.90. The molecule has 0 amide bonds. The molecule has 1 aromatic rings. The van der Waals surface area contributed by atoms with Crippen LogP contribution in [-0.4, -0.2) is 10.3 Å². The lowest BCUT2D eigenvalue weighted by Gasteiger charge is -1.96. The number of rotatable bonds is 2. The van der Waals surface area contributed by atoms with E-state index in [2.05, 4.69) is 0 Å². The molecule has 0 saturated carbocycles. The molecule has 12 heavy (non-hydrogen) atoms. The fourth-order valence-electron chi connectivity index (χ4n) is 0.719. The van der Waals surface area contributed by atoms with E-state index in [0.29, 0.717) is 10.6 Å². The number of halogens is 2. The molecule has 1 aromatic carbocycles. The van der Waals surface area contributed by atoms with E-state index in [0.717, 1.165) is 11.8 Å². The van der Waals surface area contributed by atoms with Gasteiger partial charge in [0.2, 0.25) is 5.12 Å². The highest BCUT2D eigenvalue weighted by Gasteiger charge is 2.04. The predicted molar refractivity (Wildman–Crippen MR) is 54.1 cm³/mol. The number of benzene rings is 1. The maximum absolute atomic E-state index is 11.2. The van der Waals surface area contributed by atoms with Crippen molar-refractivity contribution in [3.05, 3.63) is 34.9 Å². The van der Waals surface area contributed by atoms with Crippen molar-refractivity contribution >= 4 is 40.1 Å².